The van der Waals surface area contributed by atoms with E-state index in [0.29, 0.717) is 29.3 Å². The molecule has 0 bridgehead atoms. The van der Waals surface area contributed by atoms with E-state index in [1.165, 1.54) is 10.7 Å². The summed E-state index contributed by atoms with van der Waals surface area (Å²) >= 11 is 0. The maximum atomic E-state index is 14.9. The Labute approximate surface area is 250 Å². The van der Waals surface area contributed by atoms with Crippen LogP contribution in [0, 0.1) is 17.1 Å². The third kappa shape index (κ3) is 7.27. The predicted octanol–water partition coefficient (Wildman–Crippen LogP) is 8.26. The van der Waals surface area contributed by atoms with Gasteiger partial charge in [-0.25, -0.2) is 9.18 Å². The fourth-order valence-corrected chi connectivity index (χ4v) is 4.44. The van der Waals surface area contributed by atoms with Gasteiger partial charge < -0.3 is 14.4 Å². The van der Waals surface area contributed by atoms with Crippen molar-refractivity contribution in [1.82, 2.24) is 9.78 Å². The van der Waals surface area contributed by atoms with Crippen molar-refractivity contribution in [2.75, 3.05) is 4.90 Å². The molecule has 43 heavy (non-hydrogen) atoms. The lowest BCUT2D eigenvalue weighted by molar-refractivity contribution is 0.0518. The molecular formula is C35H31FN4O3. The van der Waals surface area contributed by atoms with Gasteiger partial charge in [-0.15, -0.1) is 5.10 Å². The molecule has 8 heteroatoms. The van der Waals surface area contributed by atoms with Gasteiger partial charge in [0.2, 0.25) is 0 Å². The molecule has 5 rings (SSSR count). The van der Waals surface area contributed by atoms with E-state index in [9.17, 15) is 14.4 Å². The van der Waals surface area contributed by atoms with Crippen LogP contribution >= 0.6 is 0 Å². The van der Waals surface area contributed by atoms with Crippen LogP contribution in [0.1, 0.15) is 37.5 Å². The number of aromatic nitrogens is 2. The molecule has 7 nitrogen and oxygen atoms in total. The van der Waals surface area contributed by atoms with Gasteiger partial charge >= 0.3 is 6.09 Å². The Bertz CT molecular complexity index is 1740. The highest BCUT2D eigenvalue weighted by atomic mass is 19.1. The number of nitrogens with zero attached hydrogens (tertiary/aromatic N) is 4. The standard InChI is InChI=1S/C35H31FN4O3/c1-35(2,3)43-34(41)40-31(28-12-8-5-9-13-28)21-33(38-40)39(23-26-16-14-25(22-37)15-17-26)29-18-19-30(36)32(20-29)42-24-27-10-6-4-7-11-27/h4-21H,23-24H2,1-3H3. The Balaban J connectivity index is 1.58. The lowest BCUT2D eigenvalue weighted by atomic mass is 10.1. The molecule has 0 aliphatic carbocycles. The molecule has 0 saturated heterocycles. The van der Waals surface area contributed by atoms with Crippen LogP contribution in [0.3, 0.4) is 0 Å². The van der Waals surface area contributed by atoms with Crippen LogP contribution in [0.2, 0.25) is 0 Å². The first kappa shape index (κ1) is 29.1. The number of nitriles is 1. The van der Waals surface area contributed by atoms with E-state index in [0.717, 1.165) is 16.7 Å². The Kier molecular flexibility index (Phi) is 8.54. The summed E-state index contributed by atoms with van der Waals surface area (Å²) in [6.07, 6.45) is -0.623. The summed E-state index contributed by atoms with van der Waals surface area (Å²) < 4.78 is 27.8. The number of carbonyl (C=O) groups excluding carboxylic acids is 1. The summed E-state index contributed by atoms with van der Waals surface area (Å²) in [6.45, 7) is 5.90. The molecular weight excluding hydrogens is 543 g/mol. The van der Waals surface area contributed by atoms with Crippen molar-refractivity contribution in [1.29, 1.82) is 5.26 Å². The molecule has 0 atom stereocenters. The smallest absolute Gasteiger partial charge is 0.435 e. The highest BCUT2D eigenvalue weighted by molar-refractivity contribution is 5.80. The van der Waals surface area contributed by atoms with Crippen molar-refractivity contribution in [2.24, 2.45) is 0 Å². The summed E-state index contributed by atoms with van der Waals surface area (Å²) in [7, 11) is 0. The number of ether oxygens (including phenoxy) is 2. The molecule has 0 saturated carbocycles. The van der Waals surface area contributed by atoms with Crippen LogP contribution in [0.4, 0.5) is 20.7 Å². The minimum Gasteiger partial charge on any atom is -0.486 e. The molecule has 1 heterocycles. The van der Waals surface area contributed by atoms with Crippen molar-refractivity contribution in [2.45, 2.75) is 39.5 Å². The number of hydrogen-bond donors (Lipinski definition) is 0. The van der Waals surface area contributed by atoms with Crippen molar-refractivity contribution in [3.05, 3.63) is 132 Å². The van der Waals surface area contributed by atoms with E-state index < -0.39 is 17.5 Å². The fourth-order valence-electron chi connectivity index (χ4n) is 4.44. The Morgan fingerprint density at radius 2 is 1.58 bits per heavy atom. The third-order valence-electron chi connectivity index (χ3n) is 6.50. The van der Waals surface area contributed by atoms with E-state index in [4.69, 9.17) is 14.6 Å². The van der Waals surface area contributed by atoms with Gasteiger partial charge in [-0.05, 0) is 56.2 Å². The van der Waals surface area contributed by atoms with Crippen LogP contribution in [0.25, 0.3) is 11.3 Å². The van der Waals surface area contributed by atoms with Gasteiger partial charge in [0.1, 0.15) is 12.2 Å². The van der Waals surface area contributed by atoms with Gasteiger partial charge in [0.15, 0.2) is 17.4 Å². The van der Waals surface area contributed by atoms with E-state index in [1.807, 2.05) is 77.7 Å². The first-order valence-corrected chi connectivity index (χ1v) is 13.8. The maximum Gasteiger partial charge on any atom is 0.435 e. The minimum absolute atomic E-state index is 0.0843. The fraction of sp³-hybridized carbons (Fsp3) is 0.171. The monoisotopic (exact) mass is 574 g/mol. The van der Waals surface area contributed by atoms with Crippen LogP contribution in [0.5, 0.6) is 5.75 Å². The maximum absolute atomic E-state index is 14.9. The van der Waals surface area contributed by atoms with Gasteiger partial charge in [-0.3, -0.25) is 0 Å². The van der Waals surface area contributed by atoms with Gasteiger partial charge in [0, 0.05) is 29.9 Å². The van der Waals surface area contributed by atoms with Crippen LogP contribution in [0.15, 0.2) is 109 Å². The number of carbonyl (C=O) groups is 1. The second-order valence-electron chi connectivity index (χ2n) is 10.9. The molecule has 0 amide bonds. The molecule has 0 aliphatic heterocycles. The lowest BCUT2D eigenvalue weighted by Crippen LogP contribution is -2.28. The molecule has 0 N–H and O–H groups in total. The number of rotatable bonds is 8. The van der Waals surface area contributed by atoms with Crippen molar-refractivity contribution in [3.63, 3.8) is 0 Å². The molecule has 0 fully saturated rings. The van der Waals surface area contributed by atoms with E-state index in [1.54, 1.807) is 51.1 Å². The zero-order valence-electron chi connectivity index (χ0n) is 24.2. The number of anilines is 2. The highest BCUT2D eigenvalue weighted by Crippen LogP contribution is 2.34. The second-order valence-corrected chi connectivity index (χ2v) is 10.9. The van der Waals surface area contributed by atoms with Crippen LogP contribution in [-0.2, 0) is 17.9 Å². The third-order valence-corrected chi connectivity index (χ3v) is 6.50. The topological polar surface area (TPSA) is 80.4 Å². The van der Waals surface area contributed by atoms with Gasteiger partial charge in [0.25, 0.3) is 0 Å². The first-order chi connectivity index (χ1) is 20.7. The highest BCUT2D eigenvalue weighted by Gasteiger charge is 2.25. The summed E-state index contributed by atoms with van der Waals surface area (Å²) in [5.74, 6) is 0.0259. The molecule has 4 aromatic carbocycles. The van der Waals surface area contributed by atoms with Gasteiger partial charge in [0.05, 0.1) is 17.3 Å². The van der Waals surface area contributed by atoms with E-state index >= 15 is 0 Å². The zero-order valence-corrected chi connectivity index (χ0v) is 24.2. The molecule has 0 radical (unpaired) electrons. The Morgan fingerprint density at radius 3 is 2.23 bits per heavy atom. The minimum atomic E-state index is -0.735. The zero-order chi connectivity index (χ0) is 30.4. The lowest BCUT2D eigenvalue weighted by Gasteiger charge is -2.24. The van der Waals surface area contributed by atoms with E-state index in [-0.39, 0.29) is 12.4 Å². The molecule has 0 aliphatic rings. The number of benzene rings is 4. The predicted molar refractivity (Wildman–Crippen MR) is 163 cm³/mol. The number of halogens is 1. The average molecular weight is 575 g/mol. The average Bonchev–Trinajstić information content (AvgIpc) is 3.46. The van der Waals surface area contributed by atoms with Crippen molar-refractivity contribution < 1.29 is 18.7 Å². The van der Waals surface area contributed by atoms with Gasteiger partial charge in [-0.2, -0.15) is 9.94 Å². The first-order valence-electron chi connectivity index (χ1n) is 13.8. The molecule has 0 spiro atoms. The molecule has 1 aromatic heterocycles. The van der Waals surface area contributed by atoms with Gasteiger partial charge in [-0.1, -0.05) is 72.8 Å². The Morgan fingerprint density at radius 1 is 0.907 bits per heavy atom. The summed E-state index contributed by atoms with van der Waals surface area (Å²) in [6, 6.07) is 34.7. The second kappa shape index (κ2) is 12.6. The van der Waals surface area contributed by atoms with Crippen LogP contribution < -0.4 is 9.64 Å². The summed E-state index contributed by atoms with van der Waals surface area (Å²) in [5.41, 5.74) is 3.50. The van der Waals surface area contributed by atoms with E-state index in [2.05, 4.69) is 6.07 Å². The quantitative estimate of drug-likeness (QED) is 0.186. The molecule has 0 unspecified atom stereocenters. The summed E-state index contributed by atoms with van der Waals surface area (Å²) in [5, 5.41) is 14.0. The Hall–Kier alpha value is -5.42. The molecule has 216 valence electrons. The normalized spacial score (nSPS) is 11.0. The molecule has 5 aromatic rings. The number of hydrogen-bond acceptors (Lipinski definition) is 6. The van der Waals surface area contributed by atoms with Crippen molar-refractivity contribution >= 4 is 17.6 Å². The van der Waals surface area contributed by atoms with Crippen molar-refractivity contribution in [3.8, 4) is 23.1 Å². The largest absolute Gasteiger partial charge is 0.486 e. The summed E-state index contributed by atoms with van der Waals surface area (Å²) in [4.78, 5) is 15.2. The van der Waals surface area contributed by atoms with Crippen LogP contribution in [-0.4, -0.2) is 21.5 Å². The SMILES string of the molecule is CC(C)(C)OC(=O)n1nc(N(Cc2ccc(C#N)cc2)c2ccc(F)c(OCc3ccccc3)c2)cc1-c1ccccc1.